The molecular weight excluding hydrogens is 304 g/mol. The van der Waals surface area contributed by atoms with Crippen LogP contribution in [0.2, 0.25) is 0 Å². The number of rotatable bonds is 7. The average molecular weight is 328 g/mol. The molecule has 5 heteroatoms. The van der Waals surface area contributed by atoms with Crippen molar-refractivity contribution in [3.05, 3.63) is 59.0 Å². The molecular formula is C19H24N2O3. The van der Waals surface area contributed by atoms with Crippen molar-refractivity contribution in [2.75, 3.05) is 13.2 Å². The molecule has 1 aliphatic carbocycles. The molecule has 0 saturated heterocycles. The molecule has 1 amide bonds. The molecule has 1 unspecified atom stereocenters. The lowest BCUT2D eigenvalue weighted by molar-refractivity contribution is 0.0393. The zero-order valence-electron chi connectivity index (χ0n) is 13.8. The van der Waals surface area contributed by atoms with Gasteiger partial charge in [-0.05, 0) is 42.9 Å². The second-order valence-corrected chi connectivity index (χ2v) is 6.07. The van der Waals surface area contributed by atoms with Gasteiger partial charge in [-0.15, -0.1) is 0 Å². The van der Waals surface area contributed by atoms with Crippen molar-refractivity contribution in [3.8, 4) is 0 Å². The van der Waals surface area contributed by atoms with Gasteiger partial charge >= 0.3 is 0 Å². The van der Waals surface area contributed by atoms with Crippen molar-refractivity contribution in [1.82, 2.24) is 5.32 Å². The molecule has 1 aromatic heterocycles. The van der Waals surface area contributed by atoms with E-state index in [9.17, 15) is 4.79 Å². The highest BCUT2D eigenvalue weighted by Gasteiger charge is 2.19. The largest absolute Gasteiger partial charge is 0.467 e. The predicted octanol–water partition coefficient (Wildman–Crippen LogP) is 2.95. The Balaban J connectivity index is 1.39. The quantitative estimate of drug-likeness (QED) is 0.766. The number of carbonyl (C=O) groups is 1. The number of aryl methyl sites for hydroxylation is 1. The number of benzene rings is 1. The molecule has 1 aromatic carbocycles. The Morgan fingerprint density at radius 2 is 2.25 bits per heavy atom. The Morgan fingerprint density at radius 3 is 3.08 bits per heavy atom. The Kier molecular flexibility index (Phi) is 5.67. The minimum Gasteiger partial charge on any atom is -0.467 e. The summed E-state index contributed by atoms with van der Waals surface area (Å²) in [6.07, 6.45) is 5.79. The van der Waals surface area contributed by atoms with Crippen LogP contribution in [-0.2, 0) is 17.7 Å². The maximum atomic E-state index is 11.9. The van der Waals surface area contributed by atoms with E-state index >= 15 is 0 Å². The molecule has 0 spiro atoms. The van der Waals surface area contributed by atoms with Gasteiger partial charge in [0, 0.05) is 13.2 Å². The molecule has 1 atom stereocenters. The smallest absolute Gasteiger partial charge is 0.254 e. The van der Waals surface area contributed by atoms with Crippen LogP contribution >= 0.6 is 0 Å². The first-order valence-electron chi connectivity index (χ1n) is 8.53. The number of fused-ring (bicyclic) bond motifs is 1. The minimum absolute atomic E-state index is 0.138. The summed E-state index contributed by atoms with van der Waals surface area (Å²) in [6.45, 7) is 1.51. The molecule has 1 heterocycles. The van der Waals surface area contributed by atoms with Crippen LogP contribution in [0.25, 0.3) is 0 Å². The average Bonchev–Trinajstić information content (AvgIpc) is 3.11. The third-order valence-electron chi connectivity index (χ3n) is 4.36. The highest BCUT2D eigenvalue weighted by molar-refractivity contribution is 5.93. The van der Waals surface area contributed by atoms with Gasteiger partial charge in [-0.1, -0.05) is 24.3 Å². The van der Waals surface area contributed by atoms with Gasteiger partial charge in [0.1, 0.15) is 12.0 Å². The molecule has 1 aliphatic rings. The van der Waals surface area contributed by atoms with Crippen LogP contribution in [0.1, 0.15) is 52.6 Å². The van der Waals surface area contributed by atoms with E-state index in [1.165, 1.54) is 23.8 Å². The van der Waals surface area contributed by atoms with Crippen molar-refractivity contribution in [3.63, 3.8) is 0 Å². The first-order chi connectivity index (χ1) is 11.8. The highest BCUT2D eigenvalue weighted by atomic mass is 16.5. The number of carbonyl (C=O) groups excluding carboxylic acids is 1. The number of ether oxygens (including phenoxy) is 1. The summed E-state index contributed by atoms with van der Waals surface area (Å²) in [4.78, 5) is 11.9. The van der Waals surface area contributed by atoms with E-state index in [0.29, 0.717) is 31.0 Å². The molecule has 0 aliphatic heterocycles. The normalized spacial score (nSPS) is 16.6. The summed E-state index contributed by atoms with van der Waals surface area (Å²) in [5.74, 6) is 0.473. The zero-order chi connectivity index (χ0) is 16.8. The van der Waals surface area contributed by atoms with Gasteiger partial charge < -0.3 is 20.2 Å². The molecule has 0 bridgehead atoms. The third-order valence-corrected chi connectivity index (χ3v) is 4.36. The Morgan fingerprint density at radius 1 is 1.38 bits per heavy atom. The van der Waals surface area contributed by atoms with Crippen LogP contribution in [0.4, 0.5) is 0 Å². The fourth-order valence-corrected chi connectivity index (χ4v) is 3.09. The summed E-state index contributed by atoms with van der Waals surface area (Å²) in [7, 11) is 0. The first-order valence-corrected chi connectivity index (χ1v) is 8.53. The predicted molar refractivity (Wildman–Crippen MR) is 91.6 cm³/mol. The van der Waals surface area contributed by atoms with Crippen LogP contribution in [0.5, 0.6) is 0 Å². The summed E-state index contributed by atoms with van der Waals surface area (Å²) < 4.78 is 11.2. The fourth-order valence-electron chi connectivity index (χ4n) is 3.09. The lowest BCUT2D eigenvalue weighted by Crippen LogP contribution is -2.25. The van der Waals surface area contributed by atoms with Crippen LogP contribution in [0.3, 0.4) is 0 Å². The van der Waals surface area contributed by atoms with E-state index in [1.807, 2.05) is 0 Å². The Labute approximate surface area is 142 Å². The van der Waals surface area contributed by atoms with E-state index in [1.54, 1.807) is 6.07 Å². The van der Waals surface area contributed by atoms with Crippen molar-refractivity contribution in [2.24, 2.45) is 5.73 Å². The van der Waals surface area contributed by atoms with Gasteiger partial charge in [-0.25, -0.2) is 0 Å². The number of nitrogens with one attached hydrogen (secondary N) is 1. The maximum absolute atomic E-state index is 11.9. The second-order valence-electron chi connectivity index (χ2n) is 6.07. The van der Waals surface area contributed by atoms with Gasteiger partial charge in [-0.3, -0.25) is 4.79 Å². The molecule has 0 saturated carbocycles. The van der Waals surface area contributed by atoms with Crippen molar-refractivity contribution < 1.29 is 13.9 Å². The van der Waals surface area contributed by atoms with Crippen molar-refractivity contribution >= 4 is 5.91 Å². The van der Waals surface area contributed by atoms with E-state index in [2.05, 4.69) is 29.6 Å². The number of hydrogen-bond acceptors (Lipinski definition) is 4. The van der Waals surface area contributed by atoms with Crippen molar-refractivity contribution in [2.45, 2.75) is 38.3 Å². The first kappa shape index (κ1) is 16.7. The maximum Gasteiger partial charge on any atom is 0.254 e. The van der Waals surface area contributed by atoms with Gasteiger partial charge in [0.15, 0.2) is 0 Å². The van der Waals surface area contributed by atoms with Gasteiger partial charge in [0.25, 0.3) is 5.91 Å². The molecule has 0 fully saturated rings. The van der Waals surface area contributed by atoms with Gasteiger partial charge in [0.2, 0.25) is 0 Å². The Bertz CT molecular complexity index is 681. The van der Waals surface area contributed by atoms with E-state index < -0.39 is 0 Å². The molecule has 5 nitrogen and oxygen atoms in total. The number of hydrogen-bond donors (Lipinski definition) is 2. The summed E-state index contributed by atoms with van der Waals surface area (Å²) >= 11 is 0. The summed E-state index contributed by atoms with van der Waals surface area (Å²) in [5, 5.41) is 2.87. The third kappa shape index (κ3) is 4.04. The minimum atomic E-state index is -0.138. The van der Waals surface area contributed by atoms with Crippen LogP contribution in [0.15, 0.2) is 41.0 Å². The van der Waals surface area contributed by atoms with Crippen LogP contribution < -0.4 is 11.1 Å². The summed E-state index contributed by atoms with van der Waals surface area (Å²) in [6, 6.07) is 10.2. The standard InChI is InChI=1S/C19H24N2O3/c20-12-16-11-15(13-24-16)19(22)21-9-4-10-23-18-8-3-6-14-5-1-2-7-17(14)18/h1-2,5,7,11,13,18H,3-4,6,8-10,12,20H2,(H,21,22). The van der Waals surface area contributed by atoms with E-state index in [-0.39, 0.29) is 12.0 Å². The second kappa shape index (κ2) is 8.13. The number of nitrogens with two attached hydrogens (primary N) is 1. The monoisotopic (exact) mass is 328 g/mol. The molecule has 2 aromatic rings. The number of amides is 1. The molecule has 3 rings (SSSR count). The zero-order valence-corrected chi connectivity index (χ0v) is 13.8. The SMILES string of the molecule is NCc1cc(C(=O)NCCCOC2CCCc3ccccc32)co1. The van der Waals surface area contributed by atoms with Crippen LogP contribution in [-0.4, -0.2) is 19.1 Å². The lowest BCUT2D eigenvalue weighted by atomic mass is 9.89. The van der Waals surface area contributed by atoms with Gasteiger partial charge in [0.05, 0.1) is 18.2 Å². The lowest BCUT2D eigenvalue weighted by Gasteiger charge is -2.25. The highest BCUT2D eigenvalue weighted by Crippen LogP contribution is 2.32. The molecule has 24 heavy (non-hydrogen) atoms. The van der Waals surface area contributed by atoms with E-state index in [0.717, 1.165) is 19.3 Å². The van der Waals surface area contributed by atoms with E-state index in [4.69, 9.17) is 14.9 Å². The molecule has 3 N–H and O–H groups in total. The fraction of sp³-hybridized carbons (Fsp3) is 0.421. The van der Waals surface area contributed by atoms with Crippen molar-refractivity contribution in [1.29, 1.82) is 0 Å². The van der Waals surface area contributed by atoms with Crippen LogP contribution in [0, 0.1) is 0 Å². The van der Waals surface area contributed by atoms with Gasteiger partial charge in [-0.2, -0.15) is 0 Å². The summed E-state index contributed by atoms with van der Waals surface area (Å²) in [5.41, 5.74) is 8.70. The molecule has 0 radical (unpaired) electrons. The number of furan rings is 1. The molecule has 128 valence electrons. The topological polar surface area (TPSA) is 77.5 Å². The Hall–Kier alpha value is -2.11.